The van der Waals surface area contributed by atoms with Crippen LogP contribution in [0.2, 0.25) is 5.02 Å². The maximum absolute atomic E-state index is 12.3. The molecular formula is C19H19ClN2O. The number of hydrogen-bond acceptors (Lipinski definition) is 1. The predicted molar refractivity (Wildman–Crippen MR) is 96.1 cm³/mol. The minimum atomic E-state index is -0.0626. The third-order valence-electron chi connectivity index (χ3n) is 4.03. The van der Waals surface area contributed by atoms with Gasteiger partial charge in [0.1, 0.15) is 6.54 Å². The molecule has 2 aromatic carbocycles. The Hall–Kier alpha value is -2.26. The van der Waals surface area contributed by atoms with Crippen LogP contribution in [0.4, 0.5) is 5.69 Å². The van der Waals surface area contributed by atoms with Crippen molar-refractivity contribution in [3.05, 3.63) is 64.8 Å². The molecule has 0 aliphatic heterocycles. The Morgan fingerprint density at radius 3 is 2.78 bits per heavy atom. The van der Waals surface area contributed by atoms with E-state index in [0.717, 1.165) is 28.6 Å². The Morgan fingerprint density at radius 2 is 2.00 bits per heavy atom. The van der Waals surface area contributed by atoms with Crippen LogP contribution in [-0.2, 0) is 17.8 Å². The van der Waals surface area contributed by atoms with Gasteiger partial charge in [-0.3, -0.25) is 4.79 Å². The van der Waals surface area contributed by atoms with Gasteiger partial charge in [0.05, 0.1) is 0 Å². The average molecular weight is 327 g/mol. The van der Waals surface area contributed by atoms with E-state index >= 15 is 0 Å². The van der Waals surface area contributed by atoms with Gasteiger partial charge in [0.25, 0.3) is 0 Å². The van der Waals surface area contributed by atoms with E-state index in [2.05, 4.69) is 30.4 Å². The molecule has 0 aliphatic rings. The van der Waals surface area contributed by atoms with Gasteiger partial charge in [-0.05, 0) is 60.2 Å². The lowest BCUT2D eigenvalue weighted by Crippen LogP contribution is -2.18. The van der Waals surface area contributed by atoms with Crippen molar-refractivity contribution in [3.8, 4) is 0 Å². The highest BCUT2D eigenvalue weighted by Gasteiger charge is 2.09. The number of aryl methyl sites for hydroxylation is 2. The SMILES string of the molecule is CCc1ccc2c(ccn2CC(=O)Nc2cc(Cl)ccc2C)c1. The molecule has 0 unspecified atom stereocenters. The molecule has 23 heavy (non-hydrogen) atoms. The van der Waals surface area contributed by atoms with Gasteiger partial charge in [-0.25, -0.2) is 0 Å². The van der Waals surface area contributed by atoms with Crippen molar-refractivity contribution >= 4 is 34.1 Å². The van der Waals surface area contributed by atoms with Crippen LogP contribution in [0.1, 0.15) is 18.1 Å². The molecular weight excluding hydrogens is 308 g/mol. The Labute approximate surface area is 140 Å². The van der Waals surface area contributed by atoms with Crippen LogP contribution in [0.3, 0.4) is 0 Å². The molecule has 1 aromatic heterocycles. The van der Waals surface area contributed by atoms with E-state index in [1.807, 2.05) is 35.9 Å². The first-order valence-corrected chi connectivity index (χ1v) is 8.08. The predicted octanol–water partition coefficient (Wildman–Crippen LogP) is 4.80. The lowest BCUT2D eigenvalue weighted by molar-refractivity contribution is -0.116. The van der Waals surface area contributed by atoms with Crippen LogP contribution in [-0.4, -0.2) is 10.5 Å². The quantitative estimate of drug-likeness (QED) is 0.734. The maximum Gasteiger partial charge on any atom is 0.244 e. The normalized spacial score (nSPS) is 10.9. The number of fused-ring (bicyclic) bond motifs is 1. The van der Waals surface area contributed by atoms with E-state index in [0.29, 0.717) is 5.02 Å². The Balaban J connectivity index is 1.79. The van der Waals surface area contributed by atoms with Crippen LogP contribution in [0.5, 0.6) is 0 Å². The number of benzene rings is 2. The third kappa shape index (κ3) is 3.40. The minimum Gasteiger partial charge on any atom is -0.338 e. The number of nitrogens with zero attached hydrogens (tertiary/aromatic N) is 1. The molecule has 0 aliphatic carbocycles. The lowest BCUT2D eigenvalue weighted by Gasteiger charge is -2.10. The van der Waals surface area contributed by atoms with Gasteiger partial charge in [0, 0.05) is 22.4 Å². The number of anilines is 1. The summed E-state index contributed by atoms with van der Waals surface area (Å²) in [5, 5.41) is 4.71. The summed E-state index contributed by atoms with van der Waals surface area (Å²) in [6, 6.07) is 13.9. The van der Waals surface area contributed by atoms with Gasteiger partial charge in [0.2, 0.25) is 5.91 Å². The van der Waals surface area contributed by atoms with Crippen LogP contribution in [0.15, 0.2) is 48.7 Å². The topological polar surface area (TPSA) is 34.0 Å². The van der Waals surface area contributed by atoms with E-state index in [1.165, 1.54) is 5.56 Å². The smallest absolute Gasteiger partial charge is 0.244 e. The van der Waals surface area contributed by atoms with E-state index in [9.17, 15) is 4.79 Å². The minimum absolute atomic E-state index is 0.0626. The van der Waals surface area contributed by atoms with E-state index < -0.39 is 0 Å². The summed E-state index contributed by atoms with van der Waals surface area (Å²) in [4.78, 5) is 12.3. The van der Waals surface area contributed by atoms with Crippen LogP contribution in [0, 0.1) is 6.92 Å². The summed E-state index contributed by atoms with van der Waals surface area (Å²) in [6.07, 6.45) is 2.96. The second kappa shape index (κ2) is 6.47. The zero-order chi connectivity index (χ0) is 16.4. The first kappa shape index (κ1) is 15.6. The van der Waals surface area contributed by atoms with E-state index in [1.54, 1.807) is 6.07 Å². The molecule has 1 N–H and O–H groups in total. The zero-order valence-electron chi connectivity index (χ0n) is 13.3. The molecule has 118 valence electrons. The first-order valence-electron chi connectivity index (χ1n) is 7.70. The van der Waals surface area contributed by atoms with Gasteiger partial charge in [-0.1, -0.05) is 30.7 Å². The highest BCUT2D eigenvalue weighted by Crippen LogP contribution is 2.21. The Bertz CT molecular complexity index is 867. The van der Waals surface area contributed by atoms with Gasteiger partial charge in [-0.15, -0.1) is 0 Å². The highest BCUT2D eigenvalue weighted by molar-refractivity contribution is 6.31. The number of rotatable bonds is 4. The van der Waals surface area contributed by atoms with Crippen LogP contribution >= 0.6 is 11.6 Å². The molecule has 0 saturated carbocycles. The molecule has 3 rings (SSSR count). The molecule has 3 nitrogen and oxygen atoms in total. The standard InChI is InChI=1S/C19H19ClN2O/c1-3-14-5-7-18-15(10-14)8-9-22(18)12-19(23)21-17-11-16(20)6-4-13(17)2/h4-11H,3,12H2,1-2H3,(H,21,23). The summed E-state index contributed by atoms with van der Waals surface area (Å²) >= 11 is 5.99. The van der Waals surface area contributed by atoms with Gasteiger partial charge in [0.15, 0.2) is 0 Å². The fourth-order valence-corrected chi connectivity index (χ4v) is 2.85. The maximum atomic E-state index is 12.3. The molecule has 1 amide bonds. The molecule has 3 aromatic rings. The second-order valence-electron chi connectivity index (χ2n) is 5.70. The van der Waals surface area contributed by atoms with Gasteiger partial charge in [-0.2, -0.15) is 0 Å². The highest BCUT2D eigenvalue weighted by atomic mass is 35.5. The van der Waals surface area contributed by atoms with Crippen LogP contribution < -0.4 is 5.32 Å². The second-order valence-corrected chi connectivity index (χ2v) is 6.13. The van der Waals surface area contributed by atoms with Crippen molar-refractivity contribution in [2.45, 2.75) is 26.8 Å². The van der Waals surface area contributed by atoms with Crippen molar-refractivity contribution in [1.82, 2.24) is 4.57 Å². The molecule has 0 radical (unpaired) electrons. The molecule has 0 spiro atoms. The average Bonchev–Trinajstić information content (AvgIpc) is 2.93. The summed E-state index contributed by atoms with van der Waals surface area (Å²) < 4.78 is 1.96. The third-order valence-corrected chi connectivity index (χ3v) is 4.27. The number of carbonyl (C=O) groups is 1. The largest absolute Gasteiger partial charge is 0.338 e. The molecule has 0 atom stereocenters. The number of halogens is 1. The lowest BCUT2D eigenvalue weighted by atomic mass is 10.1. The zero-order valence-corrected chi connectivity index (χ0v) is 14.0. The summed E-state index contributed by atoms with van der Waals surface area (Å²) in [5.74, 6) is -0.0626. The molecule has 0 bridgehead atoms. The summed E-state index contributed by atoms with van der Waals surface area (Å²) in [7, 11) is 0. The van der Waals surface area contributed by atoms with Crippen molar-refractivity contribution < 1.29 is 4.79 Å². The van der Waals surface area contributed by atoms with E-state index in [-0.39, 0.29) is 12.5 Å². The number of amides is 1. The number of carbonyl (C=O) groups excluding carboxylic acids is 1. The Kier molecular flexibility index (Phi) is 4.39. The molecule has 1 heterocycles. The van der Waals surface area contributed by atoms with Gasteiger partial charge < -0.3 is 9.88 Å². The first-order chi connectivity index (χ1) is 11.1. The number of hydrogen-bond donors (Lipinski definition) is 1. The Morgan fingerprint density at radius 1 is 1.17 bits per heavy atom. The fraction of sp³-hybridized carbons (Fsp3) is 0.211. The van der Waals surface area contributed by atoms with Gasteiger partial charge >= 0.3 is 0 Å². The number of nitrogens with one attached hydrogen (secondary N) is 1. The molecule has 0 fully saturated rings. The van der Waals surface area contributed by atoms with Crippen molar-refractivity contribution in [3.63, 3.8) is 0 Å². The monoisotopic (exact) mass is 326 g/mol. The molecule has 4 heteroatoms. The summed E-state index contributed by atoms with van der Waals surface area (Å²) in [5.41, 5.74) is 4.12. The summed E-state index contributed by atoms with van der Waals surface area (Å²) in [6.45, 7) is 4.36. The van der Waals surface area contributed by atoms with Crippen molar-refractivity contribution in [2.75, 3.05) is 5.32 Å². The van der Waals surface area contributed by atoms with Crippen molar-refractivity contribution in [2.24, 2.45) is 0 Å². The molecule has 0 saturated heterocycles. The fourth-order valence-electron chi connectivity index (χ4n) is 2.68. The van der Waals surface area contributed by atoms with Crippen LogP contribution in [0.25, 0.3) is 10.9 Å². The van der Waals surface area contributed by atoms with E-state index in [4.69, 9.17) is 11.6 Å². The van der Waals surface area contributed by atoms with Crippen molar-refractivity contribution in [1.29, 1.82) is 0 Å². The number of aromatic nitrogens is 1.